The third-order valence-electron chi connectivity index (χ3n) is 5.30. The SMILES string of the molecule is Cc1ccc(CN2CCN(C(=O)c3cccc(O)c3)[C@@H]3CS(=O)(=O)C[C@@H]32)o1. The van der Waals surface area contributed by atoms with Crippen molar-refractivity contribution in [2.24, 2.45) is 0 Å². The zero-order chi connectivity index (χ0) is 19.2. The highest BCUT2D eigenvalue weighted by molar-refractivity contribution is 7.91. The summed E-state index contributed by atoms with van der Waals surface area (Å²) >= 11 is 0. The number of amides is 1. The van der Waals surface area contributed by atoms with Crippen LogP contribution in [0.3, 0.4) is 0 Å². The zero-order valence-corrected chi connectivity index (χ0v) is 15.9. The van der Waals surface area contributed by atoms with Crippen molar-refractivity contribution in [2.45, 2.75) is 25.6 Å². The lowest BCUT2D eigenvalue weighted by atomic mass is 10.0. The highest BCUT2D eigenvalue weighted by atomic mass is 32.2. The molecule has 2 aromatic rings. The van der Waals surface area contributed by atoms with Crippen LogP contribution in [-0.4, -0.2) is 65.9 Å². The summed E-state index contributed by atoms with van der Waals surface area (Å²) in [5.74, 6) is 1.40. The van der Waals surface area contributed by atoms with Crippen molar-refractivity contribution < 1.29 is 22.7 Å². The van der Waals surface area contributed by atoms with Gasteiger partial charge in [-0.05, 0) is 37.3 Å². The number of carbonyl (C=O) groups is 1. The van der Waals surface area contributed by atoms with E-state index >= 15 is 0 Å². The first-order valence-electron chi connectivity index (χ1n) is 8.92. The van der Waals surface area contributed by atoms with E-state index in [1.807, 2.05) is 19.1 Å². The van der Waals surface area contributed by atoms with Crippen LogP contribution in [0.1, 0.15) is 21.9 Å². The van der Waals surface area contributed by atoms with Gasteiger partial charge < -0.3 is 14.4 Å². The highest BCUT2D eigenvalue weighted by Gasteiger charge is 2.48. The van der Waals surface area contributed by atoms with Crippen molar-refractivity contribution in [3.63, 3.8) is 0 Å². The molecule has 2 fully saturated rings. The van der Waals surface area contributed by atoms with Crippen molar-refractivity contribution in [3.05, 3.63) is 53.5 Å². The molecule has 0 radical (unpaired) electrons. The number of benzene rings is 1. The van der Waals surface area contributed by atoms with Gasteiger partial charge in [-0.25, -0.2) is 8.42 Å². The topological polar surface area (TPSA) is 91.1 Å². The first-order valence-corrected chi connectivity index (χ1v) is 10.7. The molecule has 2 saturated heterocycles. The third kappa shape index (κ3) is 3.59. The molecule has 4 rings (SSSR count). The Morgan fingerprint density at radius 2 is 1.96 bits per heavy atom. The lowest BCUT2D eigenvalue weighted by molar-refractivity contribution is 0.0284. The fourth-order valence-corrected chi connectivity index (χ4v) is 6.06. The van der Waals surface area contributed by atoms with Crippen molar-refractivity contribution >= 4 is 15.7 Å². The fraction of sp³-hybridized carbons (Fsp3) is 0.421. The maximum atomic E-state index is 13.0. The Kier molecular flexibility index (Phi) is 4.47. The standard InChI is InChI=1S/C19H22N2O5S/c1-13-5-6-16(26-13)10-20-7-8-21(18-12-27(24,25)11-17(18)20)19(23)14-3-2-4-15(22)9-14/h2-6,9,17-18,22H,7-8,10-12H2,1H3/t17-,18+/m0/s1. The second kappa shape index (κ2) is 6.69. The van der Waals surface area contributed by atoms with Gasteiger partial charge in [-0.3, -0.25) is 9.69 Å². The van der Waals surface area contributed by atoms with Crippen molar-refractivity contribution in [1.29, 1.82) is 0 Å². The number of carbonyl (C=O) groups excluding carboxylic acids is 1. The number of fused-ring (bicyclic) bond motifs is 1. The van der Waals surface area contributed by atoms with E-state index in [4.69, 9.17) is 4.42 Å². The first kappa shape index (κ1) is 18.1. The summed E-state index contributed by atoms with van der Waals surface area (Å²) in [5, 5.41) is 9.65. The predicted octanol–water partition coefficient (Wildman–Crippen LogP) is 1.42. The predicted molar refractivity (Wildman–Crippen MR) is 99.2 cm³/mol. The first-order chi connectivity index (χ1) is 12.8. The maximum Gasteiger partial charge on any atom is 0.254 e. The number of aromatic hydroxyl groups is 1. The van der Waals surface area contributed by atoms with Gasteiger partial charge in [-0.2, -0.15) is 0 Å². The van der Waals surface area contributed by atoms with Crippen LogP contribution in [0.15, 0.2) is 40.8 Å². The molecule has 27 heavy (non-hydrogen) atoms. The third-order valence-corrected chi connectivity index (χ3v) is 7.00. The van der Waals surface area contributed by atoms with Gasteiger partial charge in [0, 0.05) is 24.7 Å². The van der Waals surface area contributed by atoms with Gasteiger partial charge in [0.25, 0.3) is 5.91 Å². The molecule has 1 aromatic heterocycles. The number of sulfone groups is 1. The highest BCUT2D eigenvalue weighted by Crippen LogP contribution is 2.30. The molecule has 1 amide bonds. The van der Waals surface area contributed by atoms with Crippen LogP contribution in [0.5, 0.6) is 5.75 Å². The largest absolute Gasteiger partial charge is 0.508 e. The van der Waals surface area contributed by atoms with Crippen LogP contribution in [0.4, 0.5) is 0 Å². The summed E-state index contributed by atoms with van der Waals surface area (Å²) in [4.78, 5) is 16.7. The summed E-state index contributed by atoms with van der Waals surface area (Å²) in [5.41, 5.74) is 0.369. The minimum absolute atomic E-state index is 0.0169. The normalized spacial score (nSPS) is 24.7. The van der Waals surface area contributed by atoms with Gasteiger partial charge in [0.1, 0.15) is 17.3 Å². The Bertz CT molecular complexity index is 968. The Labute approximate surface area is 158 Å². The monoisotopic (exact) mass is 390 g/mol. The summed E-state index contributed by atoms with van der Waals surface area (Å²) in [6.07, 6.45) is 0. The van der Waals surface area contributed by atoms with E-state index in [-0.39, 0.29) is 29.2 Å². The molecule has 1 aromatic carbocycles. The van der Waals surface area contributed by atoms with Crippen molar-refractivity contribution in [1.82, 2.24) is 9.80 Å². The summed E-state index contributed by atoms with van der Waals surface area (Å²) in [7, 11) is -3.22. The Morgan fingerprint density at radius 3 is 2.67 bits per heavy atom. The number of aryl methyl sites for hydroxylation is 1. The van der Waals surface area contributed by atoms with E-state index in [1.165, 1.54) is 12.1 Å². The molecule has 0 aliphatic carbocycles. The number of nitrogens with zero attached hydrogens (tertiary/aromatic N) is 2. The van der Waals surface area contributed by atoms with E-state index in [9.17, 15) is 18.3 Å². The molecule has 8 heteroatoms. The molecule has 2 aliphatic rings. The minimum Gasteiger partial charge on any atom is -0.508 e. The quantitative estimate of drug-likeness (QED) is 0.852. The average Bonchev–Trinajstić information content (AvgIpc) is 3.16. The van der Waals surface area contributed by atoms with Crippen molar-refractivity contribution in [3.8, 4) is 5.75 Å². The molecule has 7 nitrogen and oxygen atoms in total. The molecule has 3 heterocycles. The number of hydrogen-bond acceptors (Lipinski definition) is 6. The number of phenolic OH excluding ortho intramolecular Hbond substituents is 1. The average molecular weight is 390 g/mol. The number of furan rings is 1. The Balaban J connectivity index is 1.59. The number of piperazine rings is 1. The number of phenols is 1. The lowest BCUT2D eigenvalue weighted by Gasteiger charge is -2.43. The molecule has 2 aliphatic heterocycles. The van der Waals surface area contributed by atoms with E-state index < -0.39 is 15.9 Å². The van der Waals surface area contributed by atoms with Gasteiger partial charge >= 0.3 is 0 Å². The van der Waals surface area contributed by atoms with E-state index in [0.29, 0.717) is 25.2 Å². The molecule has 144 valence electrons. The lowest BCUT2D eigenvalue weighted by Crippen LogP contribution is -2.60. The van der Waals surface area contributed by atoms with E-state index in [1.54, 1.807) is 17.0 Å². The van der Waals surface area contributed by atoms with Crippen molar-refractivity contribution in [2.75, 3.05) is 24.6 Å². The van der Waals surface area contributed by atoms with Crippen LogP contribution in [0, 0.1) is 6.92 Å². The molecule has 0 unspecified atom stereocenters. The summed E-state index contributed by atoms with van der Waals surface area (Å²) < 4.78 is 30.3. The molecule has 1 N–H and O–H groups in total. The van der Waals surface area contributed by atoms with Crippen LogP contribution in [0.25, 0.3) is 0 Å². The molecular formula is C19H22N2O5S. The fourth-order valence-electron chi connectivity index (χ4n) is 4.05. The minimum atomic E-state index is -3.22. The summed E-state index contributed by atoms with van der Waals surface area (Å²) in [6, 6.07) is 9.31. The molecule has 2 atom stereocenters. The molecule has 0 bridgehead atoms. The van der Waals surface area contributed by atoms with Gasteiger partial charge in [-0.15, -0.1) is 0 Å². The second-order valence-corrected chi connectivity index (χ2v) is 9.40. The Morgan fingerprint density at radius 1 is 1.19 bits per heavy atom. The van der Waals surface area contributed by atoms with Crippen LogP contribution < -0.4 is 0 Å². The van der Waals surface area contributed by atoms with Crippen LogP contribution >= 0.6 is 0 Å². The van der Waals surface area contributed by atoms with E-state index in [2.05, 4.69) is 4.90 Å². The second-order valence-electron chi connectivity index (χ2n) is 7.24. The number of rotatable bonds is 3. The maximum absolute atomic E-state index is 13.0. The smallest absolute Gasteiger partial charge is 0.254 e. The van der Waals surface area contributed by atoms with Crippen LogP contribution in [-0.2, 0) is 16.4 Å². The van der Waals surface area contributed by atoms with Gasteiger partial charge in [0.05, 0.1) is 24.1 Å². The number of hydrogen-bond donors (Lipinski definition) is 1. The van der Waals surface area contributed by atoms with Crippen LogP contribution in [0.2, 0.25) is 0 Å². The Hall–Kier alpha value is -2.32. The van der Waals surface area contributed by atoms with Gasteiger partial charge in [0.2, 0.25) is 0 Å². The summed E-state index contributed by atoms with van der Waals surface area (Å²) in [6.45, 7) is 3.41. The molecule has 0 saturated carbocycles. The zero-order valence-electron chi connectivity index (χ0n) is 15.0. The molecular weight excluding hydrogens is 368 g/mol. The molecule has 0 spiro atoms. The van der Waals surface area contributed by atoms with Gasteiger partial charge in [-0.1, -0.05) is 6.07 Å². The van der Waals surface area contributed by atoms with Gasteiger partial charge in [0.15, 0.2) is 9.84 Å². The van der Waals surface area contributed by atoms with E-state index in [0.717, 1.165) is 11.5 Å².